The summed E-state index contributed by atoms with van der Waals surface area (Å²) in [5.74, 6) is 0.714. The zero-order valence-corrected chi connectivity index (χ0v) is 12.6. The molecule has 7 heteroatoms. The molecule has 1 aliphatic rings. The van der Waals surface area contributed by atoms with Crippen LogP contribution in [-0.2, 0) is 7.05 Å². The second-order valence-corrected chi connectivity index (χ2v) is 5.52. The summed E-state index contributed by atoms with van der Waals surface area (Å²) in [6.07, 6.45) is 3.38. The predicted molar refractivity (Wildman–Crippen MR) is 80.6 cm³/mol. The number of urea groups is 1. The van der Waals surface area contributed by atoms with Crippen molar-refractivity contribution in [1.82, 2.24) is 14.6 Å². The van der Waals surface area contributed by atoms with E-state index in [4.69, 9.17) is 4.52 Å². The van der Waals surface area contributed by atoms with Gasteiger partial charge in [-0.2, -0.15) is 0 Å². The summed E-state index contributed by atoms with van der Waals surface area (Å²) in [6, 6.07) is 4.60. The minimum absolute atomic E-state index is 0.0891. The van der Waals surface area contributed by atoms with Crippen LogP contribution in [0.1, 0.15) is 30.3 Å². The van der Waals surface area contributed by atoms with E-state index in [1.165, 1.54) is 10.6 Å². The zero-order chi connectivity index (χ0) is 15.7. The molecule has 2 aromatic rings. The minimum Gasteiger partial charge on any atom is -0.359 e. The first-order valence-electron chi connectivity index (χ1n) is 7.22. The summed E-state index contributed by atoms with van der Waals surface area (Å²) in [4.78, 5) is 25.6. The summed E-state index contributed by atoms with van der Waals surface area (Å²) >= 11 is 0. The maximum Gasteiger partial charge on any atom is 0.322 e. The third kappa shape index (κ3) is 2.74. The van der Waals surface area contributed by atoms with Crippen molar-refractivity contribution in [2.45, 2.75) is 25.8 Å². The van der Waals surface area contributed by atoms with Gasteiger partial charge < -0.3 is 19.3 Å². The zero-order valence-electron chi connectivity index (χ0n) is 12.6. The van der Waals surface area contributed by atoms with Crippen LogP contribution in [0.25, 0.3) is 0 Å². The molecular formula is C15H18N4O3. The average Bonchev–Trinajstić information content (AvgIpc) is 3.11. The molecule has 7 nitrogen and oxygen atoms in total. The van der Waals surface area contributed by atoms with Gasteiger partial charge in [0.1, 0.15) is 0 Å². The van der Waals surface area contributed by atoms with Gasteiger partial charge in [0, 0.05) is 31.9 Å². The first kappa shape index (κ1) is 14.4. The molecule has 0 radical (unpaired) electrons. The summed E-state index contributed by atoms with van der Waals surface area (Å²) in [5.41, 5.74) is 1.28. The Morgan fingerprint density at radius 2 is 2.27 bits per heavy atom. The van der Waals surface area contributed by atoms with Crippen LogP contribution in [0.15, 0.2) is 33.7 Å². The van der Waals surface area contributed by atoms with Crippen molar-refractivity contribution in [3.8, 4) is 0 Å². The number of pyridine rings is 1. The lowest BCUT2D eigenvalue weighted by molar-refractivity contribution is 0.195. The van der Waals surface area contributed by atoms with E-state index >= 15 is 0 Å². The van der Waals surface area contributed by atoms with E-state index in [1.807, 2.05) is 13.0 Å². The first-order valence-corrected chi connectivity index (χ1v) is 7.22. The third-order valence-corrected chi connectivity index (χ3v) is 3.83. The SMILES string of the molecule is Cc1cc([C@H]2CCCN2C(=O)Nc2ccc(=O)n(C)c2)on1. The molecule has 1 aliphatic heterocycles. The highest BCUT2D eigenvalue weighted by atomic mass is 16.5. The van der Waals surface area contributed by atoms with Crippen LogP contribution in [0.4, 0.5) is 10.5 Å². The van der Waals surface area contributed by atoms with Crippen molar-refractivity contribution < 1.29 is 9.32 Å². The molecular weight excluding hydrogens is 284 g/mol. The van der Waals surface area contributed by atoms with Crippen LogP contribution >= 0.6 is 0 Å². The predicted octanol–water partition coefficient (Wildman–Crippen LogP) is 2.05. The van der Waals surface area contributed by atoms with Gasteiger partial charge in [0.25, 0.3) is 0 Å². The molecule has 0 bridgehead atoms. The number of nitrogens with one attached hydrogen (secondary N) is 1. The van der Waals surface area contributed by atoms with Crippen LogP contribution in [0.2, 0.25) is 0 Å². The Labute approximate surface area is 127 Å². The Morgan fingerprint density at radius 3 is 2.95 bits per heavy atom. The second kappa shape index (κ2) is 5.67. The molecule has 0 saturated carbocycles. The van der Waals surface area contributed by atoms with Gasteiger partial charge in [-0.1, -0.05) is 5.16 Å². The van der Waals surface area contributed by atoms with Crippen molar-refractivity contribution >= 4 is 11.7 Å². The maximum absolute atomic E-state index is 12.5. The molecule has 22 heavy (non-hydrogen) atoms. The molecule has 3 rings (SSSR count). The fraction of sp³-hybridized carbons (Fsp3) is 0.400. The molecule has 0 aliphatic carbocycles. The number of hydrogen-bond acceptors (Lipinski definition) is 4. The Morgan fingerprint density at radius 1 is 1.45 bits per heavy atom. The largest absolute Gasteiger partial charge is 0.359 e. The van der Waals surface area contributed by atoms with E-state index in [0.717, 1.165) is 18.5 Å². The summed E-state index contributed by atoms with van der Waals surface area (Å²) in [6.45, 7) is 2.53. The van der Waals surface area contributed by atoms with Crippen molar-refractivity contribution in [2.75, 3.05) is 11.9 Å². The summed E-state index contributed by atoms with van der Waals surface area (Å²) in [5, 5.41) is 6.71. The minimum atomic E-state index is -0.199. The van der Waals surface area contributed by atoms with Crippen LogP contribution < -0.4 is 10.9 Å². The van der Waals surface area contributed by atoms with Gasteiger partial charge in [-0.05, 0) is 25.8 Å². The molecule has 1 fully saturated rings. The number of aryl methyl sites for hydroxylation is 2. The Kier molecular flexibility index (Phi) is 3.70. The normalized spacial score (nSPS) is 17.7. The van der Waals surface area contributed by atoms with Gasteiger partial charge in [-0.3, -0.25) is 4.79 Å². The van der Waals surface area contributed by atoms with E-state index in [0.29, 0.717) is 18.0 Å². The fourth-order valence-corrected chi connectivity index (χ4v) is 2.71. The molecule has 1 saturated heterocycles. The molecule has 116 valence electrons. The summed E-state index contributed by atoms with van der Waals surface area (Å²) < 4.78 is 6.72. The van der Waals surface area contributed by atoms with Crippen molar-refractivity contribution in [3.63, 3.8) is 0 Å². The molecule has 2 amide bonds. The molecule has 0 aromatic carbocycles. The number of carbonyl (C=O) groups is 1. The van der Waals surface area contributed by atoms with Crippen LogP contribution in [0, 0.1) is 6.92 Å². The van der Waals surface area contributed by atoms with Crippen LogP contribution in [0.3, 0.4) is 0 Å². The number of carbonyl (C=O) groups excluding carboxylic acids is 1. The quantitative estimate of drug-likeness (QED) is 0.920. The smallest absolute Gasteiger partial charge is 0.322 e. The Bertz CT molecular complexity index is 749. The highest BCUT2D eigenvalue weighted by molar-refractivity contribution is 5.89. The van der Waals surface area contributed by atoms with Crippen LogP contribution in [0.5, 0.6) is 0 Å². The van der Waals surface area contributed by atoms with E-state index in [9.17, 15) is 9.59 Å². The second-order valence-electron chi connectivity index (χ2n) is 5.52. The van der Waals surface area contributed by atoms with Gasteiger partial charge in [0.2, 0.25) is 5.56 Å². The lowest BCUT2D eigenvalue weighted by atomic mass is 10.1. The highest BCUT2D eigenvalue weighted by Crippen LogP contribution is 2.32. The van der Waals surface area contributed by atoms with Gasteiger partial charge in [-0.15, -0.1) is 0 Å². The third-order valence-electron chi connectivity index (χ3n) is 3.83. The average molecular weight is 302 g/mol. The number of aromatic nitrogens is 2. The lowest BCUT2D eigenvalue weighted by Gasteiger charge is -2.23. The van der Waals surface area contributed by atoms with Gasteiger partial charge in [-0.25, -0.2) is 4.79 Å². The Balaban J connectivity index is 1.76. The number of hydrogen-bond donors (Lipinski definition) is 1. The molecule has 0 spiro atoms. The topological polar surface area (TPSA) is 80.4 Å². The molecule has 1 N–H and O–H groups in total. The highest BCUT2D eigenvalue weighted by Gasteiger charge is 2.32. The van der Waals surface area contributed by atoms with E-state index < -0.39 is 0 Å². The monoisotopic (exact) mass is 302 g/mol. The number of likely N-dealkylation sites (tertiary alicyclic amines) is 1. The Hall–Kier alpha value is -2.57. The van der Waals surface area contributed by atoms with Crippen molar-refractivity contribution in [1.29, 1.82) is 0 Å². The molecule has 1 atom stereocenters. The van der Waals surface area contributed by atoms with Crippen LogP contribution in [-0.4, -0.2) is 27.2 Å². The van der Waals surface area contributed by atoms with E-state index in [1.54, 1.807) is 24.2 Å². The van der Waals surface area contributed by atoms with E-state index in [2.05, 4.69) is 10.5 Å². The number of amides is 2. The van der Waals surface area contributed by atoms with Gasteiger partial charge >= 0.3 is 6.03 Å². The van der Waals surface area contributed by atoms with Crippen molar-refractivity contribution in [3.05, 3.63) is 46.2 Å². The summed E-state index contributed by atoms with van der Waals surface area (Å²) in [7, 11) is 1.65. The number of rotatable bonds is 2. The molecule has 2 aromatic heterocycles. The maximum atomic E-state index is 12.5. The van der Waals surface area contributed by atoms with Gasteiger partial charge in [0.05, 0.1) is 17.4 Å². The van der Waals surface area contributed by atoms with E-state index in [-0.39, 0.29) is 17.6 Å². The molecule has 0 unspecified atom stereocenters. The molecule has 3 heterocycles. The standard InChI is InChI=1S/C15H18N4O3/c1-10-8-13(22-17-10)12-4-3-7-19(12)15(21)16-11-5-6-14(20)18(2)9-11/h5-6,8-9,12H,3-4,7H2,1-2H3,(H,16,21)/t12-/m1/s1. The number of nitrogens with zero attached hydrogens (tertiary/aromatic N) is 3. The number of anilines is 1. The first-order chi connectivity index (χ1) is 10.5. The van der Waals surface area contributed by atoms with Crippen molar-refractivity contribution in [2.24, 2.45) is 7.05 Å². The van der Waals surface area contributed by atoms with Gasteiger partial charge in [0.15, 0.2) is 5.76 Å². The fourth-order valence-electron chi connectivity index (χ4n) is 2.71. The lowest BCUT2D eigenvalue weighted by Crippen LogP contribution is -2.34.